The molecule has 0 bridgehead atoms. The number of aliphatic hydroxyl groups is 1. The summed E-state index contributed by atoms with van der Waals surface area (Å²) >= 11 is 0. The van der Waals surface area contributed by atoms with Gasteiger partial charge in [-0.15, -0.1) is 0 Å². The number of nitrogens with zero attached hydrogens (tertiary/aromatic N) is 2. The first-order valence-corrected chi connectivity index (χ1v) is 6.99. The van der Waals surface area contributed by atoms with E-state index in [9.17, 15) is 5.11 Å². The molecule has 1 aromatic carbocycles. The smallest absolute Gasteiger partial charge is 0.137 e. The van der Waals surface area contributed by atoms with Crippen LogP contribution in [0.5, 0.6) is 0 Å². The Hall–Kier alpha value is -1.88. The van der Waals surface area contributed by atoms with E-state index in [-0.39, 0.29) is 12.0 Å². The van der Waals surface area contributed by atoms with E-state index in [0.717, 1.165) is 29.6 Å². The zero-order valence-corrected chi connectivity index (χ0v) is 12.1. The van der Waals surface area contributed by atoms with Crippen molar-refractivity contribution in [3.63, 3.8) is 0 Å². The summed E-state index contributed by atoms with van der Waals surface area (Å²) in [4.78, 5) is 8.52. The number of anilines is 2. The van der Waals surface area contributed by atoms with Gasteiger partial charge in [-0.3, -0.25) is 0 Å². The van der Waals surface area contributed by atoms with E-state index in [1.165, 1.54) is 6.33 Å². The summed E-state index contributed by atoms with van der Waals surface area (Å²) in [5.74, 6) is 0.787. The Morgan fingerprint density at radius 3 is 2.65 bits per heavy atom. The molecule has 1 heterocycles. The number of aliphatic hydroxyl groups excluding tert-OH is 1. The lowest BCUT2D eigenvalue weighted by atomic mass is 9.83. The van der Waals surface area contributed by atoms with E-state index >= 15 is 0 Å². The molecule has 0 aliphatic rings. The van der Waals surface area contributed by atoms with Crippen LogP contribution in [0.2, 0.25) is 0 Å². The Balaban J connectivity index is 2.26. The van der Waals surface area contributed by atoms with Crippen molar-refractivity contribution in [3.8, 4) is 0 Å². The monoisotopic (exact) mass is 274 g/mol. The topological polar surface area (TPSA) is 84.1 Å². The predicted octanol–water partition coefficient (Wildman–Crippen LogP) is 2.42. The van der Waals surface area contributed by atoms with Crippen LogP contribution in [0.3, 0.4) is 0 Å². The fraction of sp³-hybridized carbons (Fsp3) is 0.467. The Morgan fingerprint density at radius 2 is 2.00 bits per heavy atom. The first kappa shape index (κ1) is 14.5. The second kappa shape index (κ2) is 6.05. The normalized spacial score (nSPS) is 11.8. The molecule has 4 N–H and O–H groups in total. The zero-order valence-electron chi connectivity index (χ0n) is 12.1. The van der Waals surface area contributed by atoms with Crippen molar-refractivity contribution in [1.82, 2.24) is 9.97 Å². The van der Waals surface area contributed by atoms with Gasteiger partial charge in [0.25, 0.3) is 0 Å². The number of nitrogen functional groups attached to an aromatic ring is 1. The molecule has 0 saturated carbocycles. The number of hydrogen-bond acceptors (Lipinski definition) is 5. The summed E-state index contributed by atoms with van der Waals surface area (Å²) in [6.07, 6.45) is 3.37. The Morgan fingerprint density at radius 1 is 1.25 bits per heavy atom. The summed E-state index contributed by atoms with van der Waals surface area (Å²) in [5.41, 5.74) is 7.17. The third-order valence-corrected chi connectivity index (χ3v) is 4.13. The summed E-state index contributed by atoms with van der Waals surface area (Å²) in [5, 5.41) is 13.9. The lowest BCUT2D eigenvalue weighted by molar-refractivity contribution is 0.127. The quantitative estimate of drug-likeness (QED) is 0.704. The molecule has 1 aromatic heterocycles. The van der Waals surface area contributed by atoms with Crippen LogP contribution in [-0.2, 0) is 0 Å². The van der Waals surface area contributed by atoms with Crippen LogP contribution < -0.4 is 11.1 Å². The number of nitrogens with one attached hydrogen (secondary N) is 1. The highest BCUT2D eigenvalue weighted by atomic mass is 16.3. The van der Waals surface area contributed by atoms with E-state index in [0.29, 0.717) is 12.2 Å². The highest BCUT2D eigenvalue weighted by Gasteiger charge is 2.25. The molecule has 5 heteroatoms. The molecule has 0 saturated heterocycles. The first-order chi connectivity index (χ1) is 9.64. The number of nitrogens with two attached hydrogens (primary N) is 1. The van der Waals surface area contributed by atoms with Gasteiger partial charge in [-0.1, -0.05) is 13.8 Å². The molecule has 0 spiro atoms. The van der Waals surface area contributed by atoms with Crippen LogP contribution in [0.4, 0.5) is 11.5 Å². The van der Waals surface area contributed by atoms with Gasteiger partial charge in [0, 0.05) is 23.0 Å². The Kier molecular flexibility index (Phi) is 4.39. The molecule has 108 valence electrons. The average molecular weight is 274 g/mol. The number of benzene rings is 1. The average Bonchev–Trinajstić information content (AvgIpc) is 2.49. The van der Waals surface area contributed by atoms with E-state index < -0.39 is 0 Å². The van der Waals surface area contributed by atoms with Gasteiger partial charge in [-0.25, -0.2) is 9.97 Å². The fourth-order valence-electron chi connectivity index (χ4n) is 2.27. The molecule has 0 unspecified atom stereocenters. The van der Waals surface area contributed by atoms with E-state index in [1.807, 2.05) is 18.2 Å². The van der Waals surface area contributed by atoms with Crippen molar-refractivity contribution in [2.24, 2.45) is 5.41 Å². The lowest BCUT2D eigenvalue weighted by Crippen LogP contribution is -2.32. The fourth-order valence-corrected chi connectivity index (χ4v) is 2.27. The number of hydrogen-bond donors (Lipinski definition) is 3. The number of aromatic nitrogens is 2. The van der Waals surface area contributed by atoms with Crippen LogP contribution in [-0.4, -0.2) is 28.2 Å². The van der Waals surface area contributed by atoms with Gasteiger partial charge in [-0.2, -0.15) is 0 Å². The Bertz CT molecular complexity index is 573. The van der Waals surface area contributed by atoms with Crippen LogP contribution in [0, 0.1) is 5.41 Å². The molecule has 0 aliphatic carbocycles. The molecule has 0 atom stereocenters. The van der Waals surface area contributed by atoms with Gasteiger partial charge in [0.1, 0.15) is 12.1 Å². The minimum Gasteiger partial charge on any atom is -0.399 e. The SMILES string of the molecule is CCC(CC)(CO)CNc1ncnc2cc(N)ccc12. The molecule has 0 amide bonds. The maximum atomic E-state index is 9.61. The van der Waals surface area contributed by atoms with Crippen molar-refractivity contribution in [2.45, 2.75) is 26.7 Å². The van der Waals surface area contributed by atoms with Crippen molar-refractivity contribution in [2.75, 3.05) is 24.2 Å². The maximum absolute atomic E-state index is 9.61. The summed E-state index contributed by atoms with van der Waals surface area (Å²) in [6, 6.07) is 5.60. The van der Waals surface area contributed by atoms with Crippen LogP contribution in [0.1, 0.15) is 26.7 Å². The summed E-state index contributed by atoms with van der Waals surface area (Å²) < 4.78 is 0. The molecule has 0 radical (unpaired) electrons. The third-order valence-electron chi connectivity index (χ3n) is 4.13. The van der Waals surface area contributed by atoms with Crippen molar-refractivity contribution in [1.29, 1.82) is 0 Å². The molecule has 20 heavy (non-hydrogen) atoms. The lowest BCUT2D eigenvalue weighted by Gasteiger charge is -2.29. The van der Waals surface area contributed by atoms with Crippen LogP contribution >= 0.6 is 0 Å². The van der Waals surface area contributed by atoms with Gasteiger partial charge in [0.15, 0.2) is 0 Å². The summed E-state index contributed by atoms with van der Waals surface area (Å²) in [7, 11) is 0. The number of fused-ring (bicyclic) bond motifs is 1. The molecule has 2 aromatic rings. The second-order valence-corrected chi connectivity index (χ2v) is 5.22. The minimum atomic E-state index is -0.106. The van der Waals surface area contributed by atoms with Crippen LogP contribution in [0.25, 0.3) is 10.9 Å². The second-order valence-electron chi connectivity index (χ2n) is 5.22. The van der Waals surface area contributed by atoms with Gasteiger partial charge < -0.3 is 16.2 Å². The highest BCUT2D eigenvalue weighted by molar-refractivity contribution is 5.90. The minimum absolute atomic E-state index is 0.106. The van der Waals surface area contributed by atoms with Crippen molar-refractivity contribution < 1.29 is 5.11 Å². The largest absolute Gasteiger partial charge is 0.399 e. The molecule has 5 nitrogen and oxygen atoms in total. The zero-order chi connectivity index (χ0) is 14.6. The molecule has 2 rings (SSSR count). The van der Waals surface area contributed by atoms with E-state index in [1.54, 1.807) is 0 Å². The third kappa shape index (κ3) is 2.82. The van der Waals surface area contributed by atoms with Gasteiger partial charge >= 0.3 is 0 Å². The molecular formula is C15H22N4O. The molecule has 0 fully saturated rings. The van der Waals surface area contributed by atoms with Gasteiger partial charge in [-0.05, 0) is 31.0 Å². The first-order valence-electron chi connectivity index (χ1n) is 6.99. The van der Waals surface area contributed by atoms with Gasteiger partial charge in [0.2, 0.25) is 0 Å². The van der Waals surface area contributed by atoms with E-state index in [4.69, 9.17) is 5.73 Å². The van der Waals surface area contributed by atoms with Crippen LogP contribution in [0.15, 0.2) is 24.5 Å². The van der Waals surface area contributed by atoms with Gasteiger partial charge in [0.05, 0.1) is 12.1 Å². The van der Waals surface area contributed by atoms with Crippen molar-refractivity contribution >= 4 is 22.4 Å². The predicted molar refractivity (Wildman–Crippen MR) is 82.5 cm³/mol. The summed E-state index contributed by atoms with van der Waals surface area (Å²) in [6.45, 7) is 5.05. The standard InChI is InChI=1S/C15H22N4O/c1-3-15(4-2,9-20)8-17-14-12-6-5-11(16)7-13(12)18-10-19-14/h5-7,10,20H,3-4,8-9,16H2,1-2H3,(H,17,18,19). The Labute approximate surface area is 119 Å². The maximum Gasteiger partial charge on any atom is 0.137 e. The van der Waals surface area contributed by atoms with E-state index in [2.05, 4.69) is 29.1 Å². The molecule has 0 aliphatic heterocycles. The number of rotatable bonds is 6. The highest BCUT2D eigenvalue weighted by Crippen LogP contribution is 2.27. The molecular weight excluding hydrogens is 252 g/mol. The van der Waals surface area contributed by atoms with Crippen molar-refractivity contribution in [3.05, 3.63) is 24.5 Å².